The Balaban J connectivity index is 2.25. The van der Waals surface area contributed by atoms with Crippen molar-refractivity contribution in [1.82, 2.24) is 4.57 Å². The molecule has 0 aliphatic heterocycles. The number of aryl methyl sites for hydroxylation is 1. The molecule has 0 fully saturated rings. The van der Waals surface area contributed by atoms with Crippen LogP contribution < -0.4 is 15.2 Å². The molecule has 2 N–H and O–H groups in total. The van der Waals surface area contributed by atoms with Crippen LogP contribution in [0.3, 0.4) is 0 Å². The van der Waals surface area contributed by atoms with Crippen molar-refractivity contribution in [2.75, 3.05) is 14.2 Å². The second-order valence-corrected chi connectivity index (χ2v) is 7.48. The number of ether oxygens (including phenoxy) is 2. The van der Waals surface area contributed by atoms with Crippen molar-refractivity contribution >= 4 is 5.91 Å². The van der Waals surface area contributed by atoms with Crippen molar-refractivity contribution in [1.29, 1.82) is 0 Å². The third-order valence-corrected chi connectivity index (χ3v) is 5.57. The molecular weight excluding hydrogens is 376 g/mol. The van der Waals surface area contributed by atoms with Gasteiger partial charge in [0.15, 0.2) is 0 Å². The number of aromatic nitrogens is 1. The number of methoxy groups -OCH3 is 2. The summed E-state index contributed by atoms with van der Waals surface area (Å²) in [6, 6.07) is 14.0. The summed E-state index contributed by atoms with van der Waals surface area (Å²) < 4.78 is 13.2. The predicted octanol–water partition coefficient (Wildman–Crippen LogP) is 4.89. The van der Waals surface area contributed by atoms with Crippen molar-refractivity contribution in [3.05, 3.63) is 70.5 Å². The number of hydrogen-bond acceptors (Lipinski definition) is 3. The van der Waals surface area contributed by atoms with E-state index >= 15 is 0 Å². The summed E-state index contributed by atoms with van der Waals surface area (Å²) in [5, 5.41) is 0. The van der Waals surface area contributed by atoms with Gasteiger partial charge in [0.05, 0.1) is 26.3 Å². The maximum Gasteiger partial charge on any atom is 0.251 e. The molecule has 3 rings (SSSR count). The minimum Gasteiger partial charge on any atom is -0.496 e. The molecule has 1 heterocycles. The molecule has 0 bridgehead atoms. The van der Waals surface area contributed by atoms with Gasteiger partial charge in [-0.15, -0.1) is 0 Å². The van der Waals surface area contributed by atoms with Crippen LogP contribution in [-0.4, -0.2) is 24.7 Å². The SMILES string of the molecule is CCCc1c(-c2ccc(OC)c(C)c2)c(C(N)=O)c(C)n1Cc1ccccc1OC. The van der Waals surface area contributed by atoms with Gasteiger partial charge in [-0.2, -0.15) is 0 Å². The fourth-order valence-corrected chi connectivity index (χ4v) is 4.16. The highest BCUT2D eigenvalue weighted by molar-refractivity contribution is 6.02. The van der Waals surface area contributed by atoms with E-state index in [4.69, 9.17) is 15.2 Å². The smallest absolute Gasteiger partial charge is 0.251 e. The summed E-state index contributed by atoms with van der Waals surface area (Å²) in [5.41, 5.74) is 12.4. The zero-order chi connectivity index (χ0) is 21.8. The van der Waals surface area contributed by atoms with E-state index in [1.54, 1.807) is 14.2 Å². The zero-order valence-electron chi connectivity index (χ0n) is 18.4. The van der Waals surface area contributed by atoms with E-state index in [0.717, 1.165) is 58.0 Å². The Morgan fingerprint density at radius 2 is 1.73 bits per heavy atom. The first-order valence-electron chi connectivity index (χ1n) is 10.2. The first kappa shape index (κ1) is 21.5. The minimum absolute atomic E-state index is 0.410. The maximum atomic E-state index is 12.5. The molecule has 0 aliphatic rings. The van der Waals surface area contributed by atoms with E-state index in [1.807, 2.05) is 44.2 Å². The second-order valence-electron chi connectivity index (χ2n) is 7.48. The Morgan fingerprint density at radius 3 is 2.33 bits per heavy atom. The standard InChI is InChI=1S/C25H30N2O3/c1-6-9-20-24(18-12-13-21(29-4)16(2)14-18)23(25(26)28)17(3)27(20)15-19-10-7-8-11-22(19)30-5/h7-8,10-14H,6,9,15H2,1-5H3,(H2,26,28). The summed E-state index contributed by atoms with van der Waals surface area (Å²) >= 11 is 0. The molecule has 5 heteroatoms. The average Bonchev–Trinajstić information content (AvgIpc) is 3.00. The lowest BCUT2D eigenvalue weighted by Gasteiger charge is -2.15. The van der Waals surface area contributed by atoms with Crippen LogP contribution in [-0.2, 0) is 13.0 Å². The quantitative estimate of drug-likeness (QED) is 0.579. The summed E-state index contributed by atoms with van der Waals surface area (Å²) in [7, 11) is 3.34. The van der Waals surface area contributed by atoms with E-state index in [0.29, 0.717) is 12.1 Å². The van der Waals surface area contributed by atoms with Gasteiger partial charge in [-0.05, 0) is 49.6 Å². The fourth-order valence-electron chi connectivity index (χ4n) is 4.16. The molecule has 0 saturated carbocycles. The van der Waals surface area contributed by atoms with E-state index in [-0.39, 0.29) is 0 Å². The lowest BCUT2D eigenvalue weighted by Crippen LogP contribution is -2.14. The first-order valence-corrected chi connectivity index (χ1v) is 10.2. The molecule has 0 unspecified atom stereocenters. The number of carbonyl (C=O) groups excluding carboxylic acids is 1. The average molecular weight is 407 g/mol. The van der Waals surface area contributed by atoms with Crippen molar-refractivity contribution in [2.45, 2.75) is 40.2 Å². The zero-order valence-corrected chi connectivity index (χ0v) is 18.4. The van der Waals surface area contributed by atoms with Crippen molar-refractivity contribution in [3.63, 3.8) is 0 Å². The number of rotatable bonds is 8. The summed E-state index contributed by atoms with van der Waals surface area (Å²) in [5.74, 6) is 1.24. The number of primary amides is 1. The van der Waals surface area contributed by atoms with Crippen LogP contribution in [0.4, 0.5) is 0 Å². The number of benzene rings is 2. The van der Waals surface area contributed by atoms with Crippen molar-refractivity contribution in [3.8, 4) is 22.6 Å². The monoisotopic (exact) mass is 406 g/mol. The molecule has 2 aromatic carbocycles. The maximum absolute atomic E-state index is 12.5. The molecule has 0 spiro atoms. The topological polar surface area (TPSA) is 66.5 Å². The predicted molar refractivity (Wildman–Crippen MR) is 121 cm³/mol. The molecule has 3 aromatic rings. The first-order chi connectivity index (χ1) is 14.4. The Bertz CT molecular complexity index is 1070. The molecule has 1 amide bonds. The van der Waals surface area contributed by atoms with Gasteiger partial charge in [0.25, 0.3) is 5.91 Å². The van der Waals surface area contributed by atoms with Gasteiger partial charge in [0.1, 0.15) is 11.5 Å². The lowest BCUT2D eigenvalue weighted by molar-refractivity contribution is 0.1000. The Labute approximate surface area is 178 Å². The van der Waals surface area contributed by atoms with Gasteiger partial charge in [-0.1, -0.05) is 37.6 Å². The number of amides is 1. The largest absolute Gasteiger partial charge is 0.496 e. The third kappa shape index (κ3) is 3.92. The van der Waals surface area contributed by atoms with Crippen LogP contribution in [0.25, 0.3) is 11.1 Å². The van der Waals surface area contributed by atoms with Gasteiger partial charge in [-0.25, -0.2) is 0 Å². The Morgan fingerprint density at radius 1 is 1.03 bits per heavy atom. The van der Waals surface area contributed by atoms with E-state index in [1.165, 1.54) is 0 Å². The van der Waals surface area contributed by atoms with Crippen molar-refractivity contribution < 1.29 is 14.3 Å². The van der Waals surface area contributed by atoms with Crippen LogP contribution >= 0.6 is 0 Å². The number of nitrogens with zero attached hydrogens (tertiary/aromatic N) is 1. The molecule has 5 nitrogen and oxygen atoms in total. The normalized spacial score (nSPS) is 10.8. The fraction of sp³-hybridized carbons (Fsp3) is 0.320. The number of hydrogen-bond donors (Lipinski definition) is 1. The van der Waals surface area contributed by atoms with Gasteiger partial charge >= 0.3 is 0 Å². The molecule has 30 heavy (non-hydrogen) atoms. The number of carbonyl (C=O) groups is 1. The minimum atomic E-state index is -0.410. The van der Waals surface area contributed by atoms with Crippen LogP contribution in [0.5, 0.6) is 11.5 Å². The van der Waals surface area contributed by atoms with Crippen molar-refractivity contribution in [2.24, 2.45) is 5.73 Å². The summed E-state index contributed by atoms with van der Waals surface area (Å²) in [6.07, 6.45) is 1.79. The number of nitrogens with two attached hydrogens (primary N) is 1. The van der Waals surface area contributed by atoms with Crippen LogP contribution in [0.1, 0.15) is 46.2 Å². The molecule has 0 radical (unpaired) electrons. The van der Waals surface area contributed by atoms with E-state index < -0.39 is 5.91 Å². The highest BCUT2D eigenvalue weighted by Gasteiger charge is 2.25. The Kier molecular flexibility index (Phi) is 6.50. The van der Waals surface area contributed by atoms with Gasteiger partial charge in [-0.3, -0.25) is 4.79 Å². The second kappa shape index (κ2) is 9.08. The number of para-hydroxylation sites is 1. The Hall–Kier alpha value is -3.21. The summed E-state index contributed by atoms with van der Waals surface area (Å²) in [4.78, 5) is 12.5. The molecule has 0 aliphatic carbocycles. The summed E-state index contributed by atoms with van der Waals surface area (Å²) in [6.45, 7) is 6.72. The van der Waals surface area contributed by atoms with Gasteiger partial charge in [0.2, 0.25) is 0 Å². The molecule has 158 valence electrons. The van der Waals surface area contributed by atoms with Crippen LogP contribution in [0, 0.1) is 13.8 Å². The molecule has 0 atom stereocenters. The highest BCUT2D eigenvalue weighted by atomic mass is 16.5. The lowest BCUT2D eigenvalue weighted by atomic mass is 9.96. The third-order valence-electron chi connectivity index (χ3n) is 5.57. The molecular formula is C25H30N2O3. The van der Waals surface area contributed by atoms with Gasteiger partial charge in [0, 0.05) is 22.5 Å². The van der Waals surface area contributed by atoms with Gasteiger partial charge < -0.3 is 19.8 Å². The molecule has 1 aromatic heterocycles. The van der Waals surface area contributed by atoms with Crippen LogP contribution in [0.15, 0.2) is 42.5 Å². The van der Waals surface area contributed by atoms with Crippen LogP contribution in [0.2, 0.25) is 0 Å². The molecule has 0 saturated heterocycles. The van der Waals surface area contributed by atoms with E-state index in [9.17, 15) is 4.79 Å². The van der Waals surface area contributed by atoms with E-state index in [2.05, 4.69) is 23.6 Å². The highest BCUT2D eigenvalue weighted by Crippen LogP contribution is 2.36.